The topological polar surface area (TPSA) is 46.2 Å². The molecule has 3 unspecified atom stereocenters. The zero-order chi connectivity index (χ0) is 27.1. The molecule has 206 valence electrons. The van der Waals surface area contributed by atoms with Crippen molar-refractivity contribution in [2.24, 2.45) is 0 Å². The second-order valence-corrected chi connectivity index (χ2v) is 11.1. The van der Waals surface area contributed by atoms with Gasteiger partial charge in [0, 0.05) is 4.47 Å². The zero-order valence-electron chi connectivity index (χ0n) is 22.2. The highest BCUT2D eigenvalue weighted by molar-refractivity contribution is 9.10. The fourth-order valence-electron chi connectivity index (χ4n) is 5.45. The lowest BCUT2D eigenvalue weighted by molar-refractivity contribution is -0.280. The maximum absolute atomic E-state index is 6.82. The van der Waals surface area contributed by atoms with Crippen molar-refractivity contribution in [2.45, 2.75) is 56.9 Å². The molecule has 0 aliphatic carbocycles. The Morgan fingerprint density at radius 2 is 1.23 bits per heavy atom. The molecule has 4 aromatic rings. The summed E-state index contributed by atoms with van der Waals surface area (Å²) in [7, 11) is 0. The lowest BCUT2D eigenvalue weighted by Gasteiger charge is -2.48. The highest BCUT2D eigenvalue weighted by Gasteiger charge is 2.50. The molecule has 2 aliphatic rings. The molecular weight excluding hydrogens is 568 g/mol. The van der Waals surface area contributed by atoms with E-state index >= 15 is 0 Å². The van der Waals surface area contributed by atoms with Crippen LogP contribution in [-0.4, -0.2) is 31.0 Å². The van der Waals surface area contributed by atoms with Gasteiger partial charge in [-0.2, -0.15) is 0 Å². The third-order valence-corrected chi connectivity index (χ3v) is 8.22. The Bertz CT molecular complexity index is 1350. The number of rotatable bonds is 10. The Balaban J connectivity index is 1.29. The van der Waals surface area contributed by atoms with Gasteiger partial charge in [-0.25, -0.2) is 0 Å². The van der Waals surface area contributed by atoms with Crippen LogP contribution in [0.5, 0.6) is 0 Å². The number of hydrogen-bond donors (Lipinski definition) is 0. The van der Waals surface area contributed by atoms with Gasteiger partial charge in [0.05, 0.1) is 33.0 Å². The van der Waals surface area contributed by atoms with Gasteiger partial charge in [0.2, 0.25) is 0 Å². The van der Waals surface area contributed by atoms with Gasteiger partial charge in [0.15, 0.2) is 0 Å². The summed E-state index contributed by atoms with van der Waals surface area (Å²) in [5.74, 6) is 0. The van der Waals surface area contributed by atoms with Crippen molar-refractivity contribution in [3.8, 4) is 0 Å². The molecule has 0 bridgehead atoms. The summed E-state index contributed by atoms with van der Waals surface area (Å²) >= 11 is 3.70. The first kappa shape index (κ1) is 27.3. The van der Waals surface area contributed by atoms with Gasteiger partial charge in [-0.05, 0) is 33.9 Å². The van der Waals surface area contributed by atoms with Gasteiger partial charge in [-0.1, -0.05) is 119 Å². The molecule has 5 atom stereocenters. The Morgan fingerprint density at radius 3 is 1.85 bits per heavy atom. The quantitative estimate of drug-likeness (QED) is 0.193. The number of halogens is 1. The Morgan fingerprint density at radius 1 is 0.650 bits per heavy atom. The Kier molecular flexibility index (Phi) is 9.03. The SMILES string of the molecule is Brc1cccc2c1COC1C(OCc3ccccc3)[C@H](OCc3ccccc3)C(COCc3ccccc3)O[C@@H]21. The van der Waals surface area contributed by atoms with Gasteiger partial charge in [-0.3, -0.25) is 0 Å². The highest BCUT2D eigenvalue weighted by Crippen LogP contribution is 2.43. The van der Waals surface area contributed by atoms with Crippen molar-refractivity contribution in [2.75, 3.05) is 6.61 Å². The van der Waals surface area contributed by atoms with Crippen LogP contribution in [-0.2, 0) is 50.1 Å². The van der Waals surface area contributed by atoms with Crippen molar-refractivity contribution in [3.05, 3.63) is 141 Å². The molecule has 5 nitrogen and oxygen atoms in total. The fraction of sp³-hybridized carbons (Fsp3) is 0.294. The zero-order valence-corrected chi connectivity index (χ0v) is 23.8. The maximum Gasteiger partial charge on any atom is 0.117 e. The molecular formula is C34H33BrO5. The van der Waals surface area contributed by atoms with Crippen LogP contribution in [0.15, 0.2) is 114 Å². The van der Waals surface area contributed by atoms with E-state index in [9.17, 15) is 0 Å². The number of ether oxygens (including phenoxy) is 5. The molecule has 0 radical (unpaired) electrons. The molecule has 1 saturated heterocycles. The third kappa shape index (κ3) is 6.39. The molecule has 0 spiro atoms. The fourth-order valence-corrected chi connectivity index (χ4v) is 5.94. The lowest BCUT2D eigenvalue weighted by atomic mass is 9.87. The smallest absolute Gasteiger partial charge is 0.117 e. The summed E-state index contributed by atoms with van der Waals surface area (Å²) in [6.45, 7) is 2.23. The molecule has 6 heteroatoms. The lowest BCUT2D eigenvalue weighted by Crippen LogP contribution is -2.59. The molecule has 6 rings (SSSR count). The second kappa shape index (κ2) is 13.2. The first-order chi connectivity index (χ1) is 19.8. The van der Waals surface area contributed by atoms with Crippen LogP contribution in [0.1, 0.15) is 33.9 Å². The summed E-state index contributed by atoms with van der Waals surface area (Å²) in [6, 6.07) is 36.8. The van der Waals surface area contributed by atoms with E-state index in [-0.39, 0.29) is 24.4 Å². The van der Waals surface area contributed by atoms with Crippen molar-refractivity contribution < 1.29 is 23.7 Å². The second-order valence-electron chi connectivity index (χ2n) is 10.2. The largest absolute Gasteiger partial charge is 0.374 e. The predicted octanol–water partition coefficient (Wildman–Crippen LogP) is 7.18. The number of fused-ring (bicyclic) bond motifs is 3. The van der Waals surface area contributed by atoms with E-state index in [1.54, 1.807) is 0 Å². The minimum atomic E-state index is -0.394. The van der Waals surface area contributed by atoms with Gasteiger partial charge in [0.25, 0.3) is 0 Å². The van der Waals surface area contributed by atoms with Crippen LogP contribution < -0.4 is 0 Å². The molecule has 0 amide bonds. The molecule has 4 aromatic carbocycles. The normalized spacial score (nSPS) is 23.8. The van der Waals surface area contributed by atoms with E-state index in [0.29, 0.717) is 33.0 Å². The Hall–Kier alpha value is -2.84. The van der Waals surface area contributed by atoms with Crippen LogP contribution in [0, 0.1) is 0 Å². The van der Waals surface area contributed by atoms with Crippen LogP contribution in [0.3, 0.4) is 0 Å². The minimum absolute atomic E-state index is 0.302. The van der Waals surface area contributed by atoms with E-state index in [2.05, 4.69) is 58.4 Å². The minimum Gasteiger partial charge on any atom is -0.374 e. The summed E-state index contributed by atoms with van der Waals surface area (Å²) in [5, 5.41) is 0. The first-order valence-electron chi connectivity index (χ1n) is 13.7. The molecule has 40 heavy (non-hydrogen) atoms. The standard InChI is InChI=1S/C34H33BrO5/c35-29-18-10-17-27-28(29)22-39-33-31(27)40-30(23-36-19-24-11-4-1-5-12-24)32(37-20-25-13-6-2-7-14-25)34(33)38-21-26-15-8-3-9-16-26/h1-18,30-34H,19-23H2/t30?,31-,32+,33?,34?/m0/s1. The van der Waals surface area contributed by atoms with Gasteiger partial charge in [0.1, 0.15) is 30.5 Å². The highest BCUT2D eigenvalue weighted by atomic mass is 79.9. The number of benzene rings is 4. The third-order valence-electron chi connectivity index (χ3n) is 7.48. The van der Waals surface area contributed by atoms with E-state index < -0.39 is 6.10 Å². The van der Waals surface area contributed by atoms with Crippen molar-refractivity contribution in [1.82, 2.24) is 0 Å². The van der Waals surface area contributed by atoms with E-state index in [4.69, 9.17) is 23.7 Å². The molecule has 2 aliphatic heterocycles. The van der Waals surface area contributed by atoms with Crippen LogP contribution in [0.25, 0.3) is 0 Å². The van der Waals surface area contributed by atoms with E-state index in [0.717, 1.165) is 32.3 Å². The maximum atomic E-state index is 6.82. The predicted molar refractivity (Wildman–Crippen MR) is 156 cm³/mol. The van der Waals surface area contributed by atoms with Crippen LogP contribution in [0.2, 0.25) is 0 Å². The van der Waals surface area contributed by atoms with Gasteiger partial charge >= 0.3 is 0 Å². The molecule has 1 fully saturated rings. The molecule has 0 aromatic heterocycles. The van der Waals surface area contributed by atoms with Crippen molar-refractivity contribution in [1.29, 1.82) is 0 Å². The summed E-state index contributed by atoms with van der Waals surface area (Å²) < 4.78 is 33.9. The summed E-state index contributed by atoms with van der Waals surface area (Å²) in [4.78, 5) is 0. The monoisotopic (exact) mass is 600 g/mol. The van der Waals surface area contributed by atoms with E-state index in [1.165, 1.54) is 0 Å². The van der Waals surface area contributed by atoms with Crippen molar-refractivity contribution in [3.63, 3.8) is 0 Å². The van der Waals surface area contributed by atoms with Gasteiger partial charge < -0.3 is 23.7 Å². The molecule has 2 heterocycles. The average Bonchev–Trinajstić information content (AvgIpc) is 3.01. The molecule has 0 N–H and O–H groups in total. The average molecular weight is 602 g/mol. The van der Waals surface area contributed by atoms with Crippen LogP contribution in [0.4, 0.5) is 0 Å². The summed E-state index contributed by atoms with van der Waals surface area (Å²) in [6.07, 6.45) is -1.74. The van der Waals surface area contributed by atoms with Crippen LogP contribution >= 0.6 is 15.9 Å². The van der Waals surface area contributed by atoms with Crippen molar-refractivity contribution >= 4 is 15.9 Å². The Labute approximate surface area is 244 Å². The molecule has 0 saturated carbocycles. The summed E-state index contributed by atoms with van der Waals surface area (Å²) in [5.41, 5.74) is 5.54. The number of hydrogen-bond acceptors (Lipinski definition) is 5. The van der Waals surface area contributed by atoms with Gasteiger partial charge in [-0.15, -0.1) is 0 Å². The van der Waals surface area contributed by atoms with E-state index in [1.807, 2.05) is 66.7 Å². The first-order valence-corrected chi connectivity index (χ1v) is 14.5.